The Morgan fingerprint density at radius 3 is 1.42 bits per heavy atom. The van der Waals surface area contributed by atoms with Crippen LogP contribution in [0.1, 0.15) is 54.4 Å². The first-order chi connectivity index (χ1) is 11.8. The van der Waals surface area contributed by atoms with Gasteiger partial charge in [0.1, 0.15) is 0 Å². The van der Waals surface area contributed by atoms with E-state index in [2.05, 4.69) is 0 Å². The Balaban J connectivity index is 0. The van der Waals surface area contributed by atoms with Crippen molar-refractivity contribution in [3.05, 3.63) is 20.2 Å². The van der Waals surface area contributed by atoms with Crippen molar-refractivity contribution >= 4 is 0 Å². The molecule has 156 valence electrons. The van der Waals surface area contributed by atoms with Gasteiger partial charge in [0.25, 0.3) is 0 Å². The van der Waals surface area contributed by atoms with Crippen molar-refractivity contribution in [2.45, 2.75) is 77.7 Å². The van der Waals surface area contributed by atoms with Crippen LogP contribution in [0.3, 0.4) is 0 Å². The van der Waals surface area contributed by atoms with Gasteiger partial charge in [-0.25, -0.2) is 0 Å². The molecule has 0 amide bonds. The SMILES string of the molecule is CC.CC(C)(CC(O)CN(CCO)CC(O)CC(C)(C)[N+](=O)[O-])[N+](=O)[O-]. The first-order valence-electron chi connectivity index (χ1n) is 8.80. The first kappa shape index (κ1) is 26.9. The van der Waals surface area contributed by atoms with Gasteiger partial charge in [0, 0.05) is 70.0 Å². The van der Waals surface area contributed by atoms with Crippen molar-refractivity contribution in [2.75, 3.05) is 26.2 Å². The van der Waals surface area contributed by atoms with Crippen LogP contribution in [-0.4, -0.2) is 79.6 Å². The van der Waals surface area contributed by atoms with E-state index in [9.17, 15) is 30.4 Å². The molecule has 0 aliphatic rings. The molecule has 2 atom stereocenters. The molecule has 0 aromatic heterocycles. The van der Waals surface area contributed by atoms with Crippen LogP contribution in [0.15, 0.2) is 0 Å². The molecule has 0 aromatic rings. The third kappa shape index (κ3) is 10.6. The fourth-order valence-electron chi connectivity index (χ4n) is 2.43. The summed E-state index contributed by atoms with van der Waals surface area (Å²) in [7, 11) is 0. The highest BCUT2D eigenvalue weighted by molar-refractivity contribution is 4.79. The Morgan fingerprint density at radius 2 is 1.19 bits per heavy atom. The molecule has 26 heavy (non-hydrogen) atoms. The van der Waals surface area contributed by atoms with E-state index in [1.165, 1.54) is 27.7 Å². The first-order valence-corrected chi connectivity index (χ1v) is 8.80. The lowest BCUT2D eigenvalue weighted by atomic mass is 9.96. The molecule has 0 spiro atoms. The molecule has 2 unspecified atom stereocenters. The predicted molar refractivity (Wildman–Crippen MR) is 98.3 cm³/mol. The zero-order valence-electron chi connectivity index (χ0n) is 16.7. The lowest BCUT2D eigenvalue weighted by Crippen LogP contribution is -2.45. The van der Waals surface area contributed by atoms with Gasteiger partial charge in [0.05, 0.1) is 18.8 Å². The zero-order valence-corrected chi connectivity index (χ0v) is 16.7. The van der Waals surface area contributed by atoms with Crippen LogP contribution in [0.4, 0.5) is 0 Å². The predicted octanol–water partition coefficient (Wildman–Crippen LogP) is 0.920. The van der Waals surface area contributed by atoms with E-state index in [-0.39, 0.29) is 39.1 Å². The van der Waals surface area contributed by atoms with E-state index in [1.807, 2.05) is 13.8 Å². The summed E-state index contributed by atoms with van der Waals surface area (Å²) < 4.78 is 0. The topological polar surface area (TPSA) is 150 Å². The van der Waals surface area contributed by atoms with Crippen molar-refractivity contribution in [3.8, 4) is 0 Å². The van der Waals surface area contributed by atoms with E-state index in [1.54, 1.807) is 4.90 Å². The minimum atomic E-state index is -1.30. The maximum Gasteiger partial charge on any atom is 0.219 e. The minimum Gasteiger partial charge on any atom is -0.395 e. The highest BCUT2D eigenvalue weighted by Gasteiger charge is 2.36. The number of aliphatic hydroxyl groups excluding tert-OH is 3. The summed E-state index contributed by atoms with van der Waals surface area (Å²) >= 11 is 0. The molecule has 0 rings (SSSR count). The largest absolute Gasteiger partial charge is 0.395 e. The van der Waals surface area contributed by atoms with Crippen LogP contribution in [0, 0.1) is 20.2 Å². The van der Waals surface area contributed by atoms with Gasteiger partial charge in [-0.05, 0) is 0 Å². The van der Waals surface area contributed by atoms with Crippen LogP contribution in [-0.2, 0) is 0 Å². The molecule has 0 fully saturated rings. The molecule has 0 heterocycles. The fourth-order valence-corrected chi connectivity index (χ4v) is 2.43. The molecule has 0 radical (unpaired) electrons. The van der Waals surface area contributed by atoms with Crippen LogP contribution in [0.25, 0.3) is 0 Å². The van der Waals surface area contributed by atoms with Crippen molar-refractivity contribution in [1.29, 1.82) is 0 Å². The second-order valence-electron chi connectivity index (χ2n) is 7.34. The van der Waals surface area contributed by atoms with E-state index in [4.69, 9.17) is 5.11 Å². The summed E-state index contributed by atoms with van der Waals surface area (Å²) in [6.07, 6.45) is -2.21. The Hall–Kier alpha value is -1.36. The Kier molecular flexibility index (Phi) is 12.5. The molecule has 0 aliphatic heterocycles. The fraction of sp³-hybridized carbons (Fsp3) is 1.00. The summed E-state index contributed by atoms with van der Waals surface area (Å²) in [5, 5.41) is 51.0. The minimum absolute atomic E-state index is 0.0216. The van der Waals surface area contributed by atoms with Gasteiger partial charge in [-0.15, -0.1) is 0 Å². The van der Waals surface area contributed by atoms with Crippen molar-refractivity contribution in [2.24, 2.45) is 0 Å². The standard InChI is InChI=1S/C14H29N3O7.C2H6/c1-13(2,16(21)22)7-11(19)9-15(5-6-18)10-12(20)8-14(3,4)17(23)24;1-2/h11-12,18-20H,5-10H2,1-4H3;1-2H3. The molecule has 0 aliphatic carbocycles. The second-order valence-corrected chi connectivity index (χ2v) is 7.34. The zero-order chi connectivity index (χ0) is 21.1. The molecular weight excluding hydrogens is 346 g/mol. The van der Waals surface area contributed by atoms with Gasteiger partial charge < -0.3 is 15.3 Å². The molecule has 0 saturated heterocycles. The molecule has 0 saturated carbocycles. The van der Waals surface area contributed by atoms with Crippen molar-refractivity contribution in [3.63, 3.8) is 0 Å². The van der Waals surface area contributed by atoms with E-state index >= 15 is 0 Å². The average molecular weight is 381 g/mol. The monoisotopic (exact) mass is 381 g/mol. The molecule has 0 bridgehead atoms. The molecule has 10 nitrogen and oxygen atoms in total. The van der Waals surface area contributed by atoms with Crippen LogP contribution < -0.4 is 0 Å². The number of nitrogens with zero attached hydrogens (tertiary/aromatic N) is 3. The lowest BCUT2D eigenvalue weighted by molar-refractivity contribution is -0.563. The quantitative estimate of drug-likeness (QED) is 0.333. The van der Waals surface area contributed by atoms with Crippen LogP contribution >= 0.6 is 0 Å². The van der Waals surface area contributed by atoms with E-state index in [0.29, 0.717) is 0 Å². The lowest BCUT2D eigenvalue weighted by Gasteiger charge is -2.29. The Bertz CT molecular complexity index is 394. The van der Waals surface area contributed by atoms with Gasteiger partial charge in [0.2, 0.25) is 11.1 Å². The van der Waals surface area contributed by atoms with Crippen LogP contribution in [0.5, 0.6) is 0 Å². The normalized spacial score (nSPS) is 14.4. The molecular formula is C16H35N3O7. The van der Waals surface area contributed by atoms with Gasteiger partial charge in [-0.3, -0.25) is 25.1 Å². The second kappa shape index (κ2) is 12.1. The van der Waals surface area contributed by atoms with Crippen molar-refractivity contribution < 1.29 is 25.2 Å². The van der Waals surface area contributed by atoms with E-state index in [0.717, 1.165) is 0 Å². The summed E-state index contributed by atoms with van der Waals surface area (Å²) in [5.74, 6) is 0. The number of aliphatic hydroxyl groups is 3. The Labute approximate surface area is 155 Å². The van der Waals surface area contributed by atoms with Gasteiger partial charge in [-0.1, -0.05) is 13.8 Å². The summed E-state index contributed by atoms with van der Waals surface area (Å²) in [5.41, 5.74) is -2.59. The van der Waals surface area contributed by atoms with Gasteiger partial charge in [-0.2, -0.15) is 0 Å². The summed E-state index contributed by atoms with van der Waals surface area (Å²) in [6, 6.07) is 0. The number of rotatable bonds is 12. The highest BCUT2D eigenvalue weighted by atomic mass is 16.6. The Morgan fingerprint density at radius 1 is 0.885 bits per heavy atom. The van der Waals surface area contributed by atoms with E-state index < -0.39 is 33.1 Å². The molecule has 3 N–H and O–H groups in total. The molecule has 0 aromatic carbocycles. The number of hydrogen-bond acceptors (Lipinski definition) is 8. The smallest absolute Gasteiger partial charge is 0.219 e. The van der Waals surface area contributed by atoms with Crippen molar-refractivity contribution in [1.82, 2.24) is 4.90 Å². The van der Waals surface area contributed by atoms with Gasteiger partial charge in [0.15, 0.2) is 0 Å². The van der Waals surface area contributed by atoms with Crippen LogP contribution in [0.2, 0.25) is 0 Å². The maximum absolute atomic E-state index is 10.9. The highest BCUT2D eigenvalue weighted by Crippen LogP contribution is 2.18. The third-order valence-electron chi connectivity index (χ3n) is 3.81. The summed E-state index contributed by atoms with van der Waals surface area (Å²) in [4.78, 5) is 22.4. The molecule has 10 heteroatoms. The van der Waals surface area contributed by atoms with Gasteiger partial charge >= 0.3 is 0 Å². The number of hydrogen-bond donors (Lipinski definition) is 3. The maximum atomic E-state index is 10.9. The average Bonchev–Trinajstić information content (AvgIpc) is 2.47. The summed E-state index contributed by atoms with van der Waals surface area (Å²) in [6.45, 7) is 9.58. The number of nitro groups is 2. The third-order valence-corrected chi connectivity index (χ3v) is 3.81.